The molecule has 23 heavy (non-hydrogen) atoms. The molecule has 0 fully saturated rings. The summed E-state index contributed by atoms with van der Waals surface area (Å²) in [6, 6.07) is 16.0. The average Bonchev–Trinajstić information content (AvgIpc) is 3.06. The molecule has 0 unspecified atom stereocenters. The smallest absolute Gasteiger partial charge is 0.259 e. The molecule has 0 aliphatic heterocycles. The van der Waals surface area contributed by atoms with Crippen molar-refractivity contribution in [2.45, 2.75) is 11.8 Å². The summed E-state index contributed by atoms with van der Waals surface area (Å²) in [5.74, 6) is 0.782. The van der Waals surface area contributed by atoms with Crippen LogP contribution in [0, 0.1) is 6.92 Å². The molecule has 1 aromatic heterocycles. The van der Waals surface area contributed by atoms with Gasteiger partial charge in [-0.15, -0.1) is 22.0 Å². The van der Waals surface area contributed by atoms with E-state index in [0.29, 0.717) is 16.8 Å². The Kier molecular flexibility index (Phi) is 4.84. The molecule has 0 N–H and O–H groups in total. The minimum Gasteiger partial charge on any atom is -0.415 e. The highest BCUT2D eigenvalue weighted by Gasteiger charge is 2.11. The Bertz CT molecular complexity index is 840. The molecule has 0 radical (unpaired) electrons. The van der Waals surface area contributed by atoms with E-state index in [-0.39, 0.29) is 0 Å². The predicted molar refractivity (Wildman–Crippen MR) is 96.4 cm³/mol. The minimum atomic E-state index is 0.317. The van der Waals surface area contributed by atoms with Gasteiger partial charge in [0, 0.05) is 10.5 Å². The van der Waals surface area contributed by atoms with Crippen LogP contribution in [0.3, 0.4) is 0 Å². The van der Waals surface area contributed by atoms with Crippen LogP contribution >= 0.6 is 23.4 Å². The van der Waals surface area contributed by atoms with Crippen LogP contribution in [-0.4, -0.2) is 16.5 Å². The van der Waals surface area contributed by atoms with Gasteiger partial charge >= 0.3 is 0 Å². The second-order valence-electron chi connectivity index (χ2n) is 5.05. The molecular weight excluding hydrogens is 328 g/mol. The Morgan fingerprint density at radius 3 is 2.61 bits per heavy atom. The lowest BCUT2D eigenvalue weighted by Gasteiger charge is -1.98. The van der Waals surface area contributed by atoms with Crippen molar-refractivity contribution in [3.8, 4) is 11.5 Å². The number of aryl methyl sites for hydroxylation is 1. The molecule has 0 saturated heterocycles. The molecule has 0 bridgehead atoms. The summed E-state index contributed by atoms with van der Waals surface area (Å²) >= 11 is 8.01. The van der Waals surface area contributed by atoms with Crippen molar-refractivity contribution in [2.24, 2.45) is 0 Å². The molecule has 0 aliphatic carbocycles. The molecule has 5 heteroatoms. The third-order valence-electron chi connectivity index (χ3n) is 3.30. The first-order valence-electron chi connectivity index (χ1n) is 7.08. The summed E-state index contributed by atoms with van der Waals surface area (Å²) in [6.45, 7) is 2.02. The number of hydrogen-bond donors (Lipinski definition) is 0. The van der Waals surface area contributed by atoms with E-state index in [4.69, 9.17) is 16.0 Å². The van der Waals surface area contributed by atoms with Gasteiger partial charge in [-0.05, 0) is 49.1 Å². The molecule has 0 aliphatic rings. The fourth-order valence-electron chi connectivity index (χ4n) is 2.12. The molecule has 3 aromatic rings. The number of aromatic nitrogens is 2. The van der Waals surface area contributed by atoms with Crippen molar-refractivity contribution >= 4 is 34.5 Å². The maximum atomic E-state index is 6.31. The third kappa shape index (κ3) is 3.84. The number of hydrogen-bond acceptors (Lipinski definition) is 4. The number of halogens is 1. The fourth-order valence-corrected chi connectivity index (χ4v) is 2.73. The van der Waals surface area contributed by atoms with Gasteiger partial charge in [0.25, 0.3) is 5.89 Å². The molecule has 0 spiro atoms. The van der Waals surface area contributed by atoms with Crippen LogP contribution in [0.2, 0.25) is 0 Å². The van der Waals surface area contributed by atoms with E-state index in [1.807, 2.05) is 67.8 Å². The lowest BCUT2D eigenvalue weighted by Crippen LogP contribution is -1.79. The van der Waals surface area contributed by atoms with Gasteiger partial charge in [-0.2, -0.15) is 0 Å². The molecule has 0 saturated carbocycles. The van der Waals surface area contributed by atoms with Crippen molar-refractivity contribution in [1.29, 1.82) is 0 Å². The summed E-state index contributed by atoms with van der Waals surface area (Å²) in [6.07, 6.45) is 3.86. The monoisotopic (exact) mass is 342 g/mol. The SMILES string of the molecule is CSc1ccc(/C=C(\Cl)c2nnc(-c3cccc(C)c3)o2)cc1. The highest BCUT2D eigenvalue weighted by molar-refractivity contribution is 7.98. The van der Waals surface area contributed by atoms with Crippen LogP contribution in [0.15, 0.2) is 57.8 Å². The second kappa shape index (κ2) is 7.02. The van der Waals surface area contributed by atoms with E-state index in [0.717, 1.165) is 16.7 Å². The Morgan fingerprint density at radius 2 is 1.91 bits per heavy atom. The zero-order valence-electron chi connectivity index (χ0n) is 12.8. The normalized spacial score (nSPS) is 11.7. The van der Waals surface area contributed by atoms with Crippen LogP contribution in [-0.2, 0) is 0 Å². The van der Waals surface area contributed by atoms with E-state index >= 15 is 0 Å². The zero-order valence-corrected chi connectivity index (χ0v) is 14.4. The first-order chi connectivity index (χ1) is 11.2. The number of nitrogens with zero attached hydrogens (tertiary/aromatic N) is 2. The largest absolute Gasteiger partial charge is 0.415 e. The van der Waals surface area contributed by atoms with E-state index in [2.05, 4.69) is 10.2 Å². The predicted octanol–water partition coefficient (Wildman–Crippen LogP) is 5.50. The zero-order chi connectivity index (χ0) is 16.2. The van der Waals surface area contributed by atoms with Gasteiger partial charge in [-0.3, -0.25) is 0 Å². The van der Waals surface area contributed by atoms with Crippen molar-refractivity contribution < 1.29 is 4.42 Å². The van der Waals surface area contributed by atoms with Crippen molar-refractivity contribution in [1.82, 2.24) is 10.2 Å². The molecule has 0 amide bonds. The molecule has 0 atom stereocenters. The van der Waals surface area contributed by atoms with Crippen LogP contribution < -0.4 is 0 Å². The van der Waals surface area contributed by atoms with E-state index < -0.39 is 0 Å². The molecule has 3 nitrogen and oxygen atoms in total. The van der Waals surface area contributed by atoms with E-state index in [1.165, 1.54) is 4.90 Å². The van der Waals surface area contributed by atoms with Gasteiger partial charge in [0.1, 0.15) is 5.03 Å². The fraction of sp³-hybridized carbons (Fsp3) is 0.111. The minimum absolute atomic E-state index is 0.317. The molecule has 2 aromatic carbocycles. The van der Waals surface area contributed by atoms with Gasteiger partial charge in [0.05, 0.1) is 0 Å². The molecule has 116 valence electrons. The summed E-state index contributed by atoms with van der Waals surface area (Å²) in [5, 5.41) is 8.53. The van der Waals surface area contributed by atoms with Gasteiger partial charge < -0.3 is 4.42 Å². The highest BCUT2D eigenvalue weighted by Crippen LogP contribution is 2.26. The quantitative estimate of drug-likeness (QED) is 0.586. The Labute approximate surface area is 144 Å². The maximum absolute atomic E-state index is 6.31. The van der Waals surface area contributed by atoms with Crippen LogP contribution in [0.4, 0.5) is 0 Å². The Morgan fingerprint density at radius 1 is 1.13 bits per heavy atom. The topological polar surface area (TPSA) is 38.9 Å². The summed E-state index contributed by atoms with van der Waals surface area (Å²) in [4.78, 5) is 1.21. The van der Waals surface area contributed by atoms with E-state index in [1.54, 1.807) is 11.8 Å². The number of rotatable bonds is 4. The summed E-state index contributed by atoms with van der Waals surface area (Å²) in [5.41, 5.74) is 3.01. The van der Waals surface area contributed by atoms with Gasteiger partial charge in [0.2, 0.25) is 5.89 Å². The lowest BCUT2D eigenvalue weighted by molar-refractivity contribution is 0.556. The van der Waals surface area contributed by atoms with Gasteiger partial charge in [0.15, 0.2) is 0 Å². The van der Waals surface area contributed by atoms with Gasteiger partial charge in [-0.1, -0.05) is 41.4 Å². The first kappa shape index (κ1) is 15.8. The van der Waals surface area contributed by atoms with E-state index in [9.17, 15) is 0 Å². The number of benzene rings is 2. The Hall–Kier alpha value is -2.04. The van der Waals surface area contributed by atoms with Gasteiger partial charge in [-0.25, -0.2) is 0 Å². The lowest BCUT2D eigenvalue weighted by atomic mass is 10.1. The highest BCUT2D eigenvalue weighted by atomic mass is 35.5. The third-order valence-corrected chi connectivity index (χ3v) is 4.32. The second-order valence-corrected chi connectivity index (χ2v) is 6.33. The van der Waals surface area contributed by atoms with Crippen LogP contribution in [0.25, 0.3) is 22.6 Å². The Balaban J connectivity index is 1.85. The van der Waals surface area contributed by atoms with Crippen molar-refractivity contribution in [3.05, 3.63) is 65.5 Å². The number of thioether (sulfide) groups is 1. The molecule has 3 rings (SSSR count). The summed E-state index contributed by atoms with van der Waals surface area (Å²) < 4.78 is 5.68. The van der Waals surface area contributed by atoms with Crippen molar-refractivity contribution in [3.63, 3.8) is 0 Å². The first-order valence-corrected chi connectivity index (χ1v) is 8.68. The average molecular weight is 343 g/mol. The van der Waals surface area contributed by atoms with Crippen molar-refractivity contribution in [2.75, 3.05) is 6.26 Å². The summed E-state index contributed by atoms with van der Waals surface area (Å²) in [7, 11) is 0. The maximum Gasteiger partial charge on any atom is 0.259 e. The van der Waals surface area contributed by atoms with Crippen LogP contribution in [0.1, 0.15) is 17.0 Å². The van der Waals surface area contributed by atoms with Crippen LogP contribution in [0.5, 0.6) is 0 Å². The standard InChI is InChI=1S/C18H15ClN2OS/c1-12-4-3-5-14(10-12)17-20-21-18(22-17)16(19)11-13-6-8-15(23-2)9-7-13/h3-11H,1-2H3/b16-11-. The molecule has 1 heterocycles. The molecular formula is C18H15ClN2OS.